The van der Waals surface area contributed by atoms with Gasteiger partial charge in [-0.05, 0) is 41.5 Å². The van der Waals surface area contributed by atoms with E-state index in [2.05, 4.69) is 0 Å². The molecule has 4 heteroatoms. The van der Waals surface area contributed by atoms with E-state index in [1.807, 2.05) is 96.1 Å². The molecule has 0 aliphatic carbocycles. The van der Waals surface area contributed by atoms with Gasteiger partial charge in [0.25, 0.3) is 0 Å². The fourth-order valence-corrected chi connectivity index (χ4v) is 2.40. The first kappa shape index (κ1) is 26.3. The molecule has 0 heterocycles. The van der Waals surface area contributed by atoms with Gasteiger partial charge in [-0.2, -0.15) is 0 Å². The van der Waals surface area contributed by atoms with Crippen LogP contribution in [0.2, 0.25) is 0 Å². The summed E-state index contributed by atoms with van der Waals surface area (Å²) in [6, 6.07) is 16.7. The second kappa shape index (κ2) is 12.7. The van der Waals surface area contributed by atoms with E-state index in [0.29, 0.717) is 0 Å². The summed E-state index contributed by atoms with van der Waals surface area (Å²) in [4.78, 5) is 0. The van der Waals surface area contributed by atoms with Gasteiger partial charge in [0.2, 0.25) is 0 Å². The van der Waals surface area contributed by atoms with E-state index in [9.17, 15) is 15.3 Å². The first-order chi connectivity index (χ1) is 12.6. The van der Waals surface area contributed by atoms with Crippen molar-refractivity contribution in [2.45, 2.75) is 41.5 Å². The number of hydrogen-bond donors (Lipinski definition) is 0. The Labute approximate surface area is 198 Å². The summed E-state index contributed by atoms with van der Waals surface area (Å²) < 4.78 is 0. The second-order valence-electron chi connectivity index (χ2n) is 6.66. The van der Waals surface area contributed by atoms with E-state index in [1.54, 1.807) is 0 Å². The van der Waals surface area contributed by atoms with E-state index in [-0.39, 0.29) is 54.6 Å². The quantitative estimate of drug-likeness (QED) is 0.439. The van der Waals surface area contributed by atoms with Crippen molar-refractivity contribution in [3.05, 3.63) is 88.0 Å². The standard InChI is InChI=1S/3C8H10O.Er/c3*1-6-4-3-5-7(2)8(6)9;/h3*3-5,9H,1-2H3;/q;;;+3/p-3. The van der Waals surface area contributed by atoms with Crippen molar-refractivity contribution < 1.29 is 52.6 Å². The van der Waals surface area contributed by atoms with E-state index < -0.39 is 0 Å². The van der Waals surface area contributed by atoms with Crippen LogP contribution >= 0.6 is 0 Å². The summed E-state index contributed by atoms with van der Waals surface area (Å²) in [5, 5.41) is 32.9. The maximum absolute atomic E-state index is 11.0. The summed E-state index contributed by atoms with van der Waals surface area (Å²) in [5.41, 5.74) is 4.97. The SMILES string of the molecule is Cc1cccc(C)c1[O-].Cc1cccc(C)c1[O-].Cc1cccc(C)c1[O-].[Er+3]. The molecule has 0 fully saturated rings. The minimum absolute atomic E-state index is 0. The first-order valence-corrected chi connectivity index (χ1v) is 8.84. The van der Waals surface area contributed by atoms with Crippen LogP contribution in [0.1, 0.15) is 33.4 Å². The zero-order valence-electron chi connectivity index (χ0n) is 17.2. The molecule has 0 spiro atoms. The minimum atomic E-state index is 0. The Morgan fingerprint density at radius 1 is 0.393 bits per heavy atom. The molecular formula is C24H27ErO3. The van der Waals surface area contributed by atoms with Gasteiger partial charge < -0.3 is 15.3 Å². The molecular weight excluding hydrogens is 504 g/mol. The summed E-state index contributed by atoms with van der Waals surface area (Å²) in [6.07, 6.45) is 0. The second-order valence-corrected chi connectivity index (χ2v) is 6.66. The van der Waals surface area contributed by atoms with Crippen molar-refractivity contribution in [2.75, 3.05) is 0 Å². The molecule has 0 N–H and O–H groups in total. The predicted molar refractivity (Wildman–Crippen MR) is 106 cm³/mol. The topological polar surface area (TPSA) is 69.2 Å². The first-order valence-electron chi connectivity index (χ1n) is 8.84. The van der Waals surface area contributed by atoms with Gasteiger partial charge in [-0.15, -0.1) is 17.2 Å². The van der Waals surface area contributed by atoms with Crippen LogP contribution in [0.15, 0.2) is 54.6 Å². The maximum Gasteiger partial charge on any atom is 3.00 e. The van der Waals surface area contributed by atoms with Crippen molar-refractivity contribution in [2.24, 2.45) is 0 Å². The summed E-state index contributed by atoms with van der Waals surface area (Å²) in [6.45, 7) is 11.0. The average Bonchev–Trinajstić information content (AvgIpc) is 2.63. The number of aryl methyl sites for hydroxylation is 6. The molecule has 0 aliphatic heterocycles. The van der Waals surface area contributed by atoms with Crippen molar-refractivity contribution in [3.63, 3.8) is 0 Å². The van der Waals surface area contributed by atoms with Gasteiger partial charge in [-0.1, -0.05) is 88.0 Å². The zero-order chi connectivity index (χ0) is 20.6. The van der Waals surface area contributed by atoms with Crippen LogP contribution in [0.4, 0.5) is 0 Å². The van der Waals surface area contributed by atoms with Crippen LogP contribution in [-0.2, 0) is 0 Å². The van der Waals surface area contributed by atoms with Crippen LogP contribution in [0.5, 0.6) is 17.2 Å². The van der Waals surface area contributed by atoms with Crippen LogP contribution in [-0.4, -0.2) is 0 Å². The van der Waals surface area contributed by atoms with Crippen LogP contribution in [0.3, 0.4) is 0 Å². The number of rotatable bonds is 0. The third-order valence-corrected chi connectivity index (χ3v) is 4.23. The summed E-state index contributed by atoms with van der Waals surface area (Å²) in [7, 11) is 0. The number of para-hydroxylation sites is 3. The number of hydrogen-bond acceptors (Lipinski definition) is 3. The third-order valence-electron chi connectivity index (χ3n) is 4.23. The fourth-order valence-electron chi connectivity index (χ4n) is 2.40. The van der Waals surface area contributed by atoms with Crippen LogP contribution in [0.25, 0.3) is 0 Å². The Balaban J connectivity index is 0.000000384. The molecule has 0 unspecified atom stereocenters. The molecule has 3 aromatic rings. The fraction of sp³-hybridized carbons (Fsp3) is 0.250. The summed E-state index contributed by atoms with van der Waals surface area (Å²) in [5.74, 6) is 0.493. The van der Waals surface area contributed by atoms with Gasteiger partial charge in [-0.25, -0.2) is 0 Å². The van der Waals surface area contributed by atoms with Crippen LogP contribution in [0, 0.1) is 78.8 Å². The van der Waals surface area contributed by atoms with Crippen molar-refractivity contribution in [3.8, 4) is 17.2 Å². The molecule has 3 aromatic carbocycles. The largest absolute Gasteiger partial charge is 3.00 e. The van der Waals surface area contributed by atoms with Gasteiger partial charge in [0.1, 0.15) is 0 Å². The molecule has 153 valence electrons. The Bertz CT molecular complexity index is 711. The van der Waals surface area contributed by atoms with Crippen molar-refractivity contribution >= 4 is 0 Å². The smallest absolute Gasteiger partial charge is 0.872 e. The van der Waals surface area contributed by atoms with E-state index >= 15 is 0 Å². The molecule has 0 saturated carbocycles. The minimum Gasteiger partial charge on any atom is -0.872 e. The zero-order valence-corrected chi connectivity index (χ0v) is 19.1. The van der Waals surface area contributed by atoms with Crippen molar-refractivity contribution in [1.82, 2.24) is 0 Å². The van der Waals surface area contributed by atoms with E-state index in [1.165, 1.54) is 0 Å². The third kappa shape index (κ3) is 8.13. The van der Waals surface area contributed by atoms with Gasteiger partial charge in [0.05, 0.1) is 0 Å². The Hall–Kier alpha value is -1.69. The summed E-state index contributed by atoms with van der Waals surface area (Å²) >= 11 is 0. The Morgan fingerprint density at radius 3 is 0.643 bits per heavy atom. The Morgan fingerprint density at radius 2 is 0.536 bits per heavy atom. The molecule has 0 aromatic heterocycles. The molecule has 0 aliphatic rings. The molecule has 0 atom stereocenters. The Kier molecular flexibility index (Phi) is 11.9. The molecule has 0 bridgehead atoms. The predicted octanol–water partition coefficient (Wildman–Crippen LogP) is 4.13. The van der Waals surface area contributed by atoms with Crippen LogP contribution < -0.4 is 15.3 Å². The van der Waals surface area contributed by atoms with Gasteiger partial charge in [-0.3, -0.25) is 0 Å². The van der Waals surface area contributed by atoms with Crippen molar-refractivity contribution in [1.29, 1.82) is 0 Å². The average molecular weight is 531 g/mol. The maximum atomic E-state index is 11.0. The van der Waals surface area contributed by atoms with Gasteiger partial charge >= 0.3 is 37.3 Å². The number of benzene rings is 3. The normalized spacial score (nSPS) is 9.21. The molecule has 3 rings (SSSR count). The molecule has 1 radical (unpaired) electrons. The molecule has 28 heavy (non-hydrogen) atoms. The van der Waals surface area contributed by atoms with E-state index in [4.69, 9.17) is 0 Å². The van der Waals surface area contributed by atoms with E-state index in [0.717, 1.165) is 33.4 Å². The molecule has 0 saturated heterocycles. The molecule has 0 amide bonds. The molecule has 3 nitrogen and oxygen atoms in total. The van der Waals surface area contributed by atoms with Gasteiger partial charge in [0, 0.05) is 0 Å². The van der Waals surface area contributed by atoms with Gasteiger partial charge in [0.15, 0.2) is 0 Å². The monoisotopic (exact) mass is 529 g/mol.